The number of anilines is 1. The van der Waals surface area contributed by atoms with Gasteiger partial charge in [0, 0.05) is 24.5 Å². The smallest absolute Gasteiger partial charge is 0.187 e. The van der Waals surface area contributed by atoms with E-state index in [1.165, 1.54) is 0 Å². The van der Waals surface area contributed by atoms with Gasteiger partial charge in [0.25, 0.3) is 0 Å². The molecular formula is C14H15N5. The maximum absolute atomic E-state index is 9.27. The largest absolute Gasteiger partial charge is 0.367 e. The molecule has 1 aliphatic rings. The fourth-order valence-electron chi connectivity index (χ4n) is 2.63. The van der Waals surface area contributed by atoms with Gasteiger partial charge in [-0.25, -0.2) is 0 Å². The Kier molecular flexibility index (Phi) is 3.02. The van der Waals surface area contributed by atoms with Crippen molar-refractivity contribution in [2.24, 2.45) is 0 Å². The first-order valence-electron chi connectivity index (χ1n) is 6.41. The van der Waals surface area contributed by atoms with E-state index in [2.05, 4.69) is 26.5 Å². The zero-order chi connectivity index (χ0) is 13.2. The standard InChI is InChI=1S/C14H15N5/c1-16-10-6-7-19(9-10)14-11-4-2-3-5-12(11)17-18-13(14)8-15/h2-5,10,16H,6-7,9H2,1H3. The molecule has 1 unspecified atom stereocenters. The lowest BCUT2D eigenvalue weighted by Gasteiger charge is -2.20. The number of aromatic nitrogens is 2. The van der Waals surface area contributed by atoms with Crippen LogP contribution in [-0.2, 0) is 0 Å². The van der Waals surface area contributed by atoms with Crippen LogP contribution in [0.5, 0.6) is 0 Å². The number of likely N-dealkylation sites (N-methyl/N-ethyl adjacent to an activating group) is 1. The molecule has 1 fully saturated rings. The first-order valence-corrected chi connectivity index (χ1v) is 6.41. The summed E-state index contributed by atoms with van der Waals surface area (Å²) in [6, 6.07) is 10.5. The lowest BCUT2D eigenvalue weighted by Crippen LogP contribution is -2.30. The van der Waals surface area contributed by atoms with Crippen LogP contribution in [0.1, 0.15) is 12.1 Å². The van der Waals surface area contributed by atoms with E-state index >= 15 is 0 Å². The SMILES string of the molecule is CNC1CCN(c2c(C#N)nnc3ccccc23)C1. The molecular weight excluding hydrogens is 238 g/mol. The molecule has 0 amide bonds. The lowest BCUT2D eigenvalue weighted by molar-refractivity contribution is 0.617. The number of fused-ring (bicyclic) bond motifs is 1. The van der Waals surface area contributed by atoms with E-state index < -0.39 is 0 Å². The minimum absolute atomic E-state index is 0.412. The van der Waals surface area contributed by atoms with Crippen molar-refractivity contribution in [3.8, 4) is 6.07 Å². The molecule has 0 radical (unpaired) electrons. The Labute approximate surface area is 111 Å². The van der Waals surface area contributed by atoms with Crippen molar-refractivity contribution in [2.45, 2.75) is 12.5 Å². The molecule has 0 spiro atoms. The highest BCUT2D eigenvalue weighted by atomic mass is 15.2. The summed E-state index contributed by atoms with van der Waals surface area (Å²) in [4.78, 5) is 2.23. The Bertz CT molecular complexity index is 646. The van der Waals surface area contributed by atoms with Crippen LogP contribution in [0.15, 0.2) is 24.3 Å². The van der Waals surface area contributed by atoms with Gasteiger partial charge < -0.3 is 10.2 Å². The van der Waals surface area contributed by atoms with Gasteiger partial charge in [-0.1, -0.05) is 18.2 Å². The average molecular weight is 253 g/mol. The summed E-state index contributed by atoms with van der Waals surface area (Å²) in [6.07, 6.45) is 1.08. The Morgan fingerprint density at radius 3 is 2.95 bits per heavy atom. The van der Waals surface area contributed by atoms with Crippen molar-refractivity contribution in [3.63, 3.8) is 0 Å². The average Bonchev–Trinajstić information content (AvgIpc) is 2.94. The Morgan fingerprint density at radius 1 is 1.37 bits per heavy atom. The van der Waals surface area contributed by atoms with E-state index in [0.29, 0.717) is 11.7 Å². The van der Waals surface area contributed by atoms with Crippen LogP contribution in [0.3, 0.4) is 0 Å². The van der Waals surface area contributed by atoms with E-state index in [4.69, 9.17) is 0 Å². The van der Waals surface area contributed by atoms with Gasteiger partial charge >= 0.3 is 0 Å². The molecule has 19 heavy (non-hydrogen) atoms. The first kappa shape index (κ1) is 11.9. The van der Waals surface area contributed by atoms with E-state index in [9.17, 15) is 5.26 Å². The highest BCUT2D eigenvalue weighted by molar-refractivity contribution is 5.93. The summed E-state index contributed by atoms with van der Waals surface area (Å²) in [6.45, 7) is 1.84. The van der Waals surface area contributed by atoms with Crippen LogP contribution in [0, 0.1) is 11.3 Å². The number of hydrogen-bond donors (Lipinski definition) is 1. The first-order chi connectivity index (χ1) is 9.33. The zero-order valence-corrected chi connectivity index (χ0v) is 10.8. The second kappa shape index (κ2) is 4.82. The zero-order valence-electron chi connectivity index (χ0n) is 10.8. The topological polar surface area (TPSA) is 64.8 Å². The van der Waals surface area contributed by atoms with Gasteiger partial charge in [0.05, 0.1) is 11.2 Å². The molecule has 1 saturated heterocycles. The maximum Gasteiger partial charge on any atom is 0.187 e. The van der Waals surface area contributed by atoms with Gasteiger partial charge in [-0.05, 0) is 19.5 Å². The number of nitrogens with zero attached hydrogens (tertiary/aromatic N) is 4. The normalized spacial score (nSPS) is 18.7. The van der Waals surface area contributed by atoms with E-state index in [1.54, 1.807) is 0 Å². The van der Waals surface area contributed by atoms with E-state index in [-0.39, 0.29) is 0 Å². The molecule has 5 heteroatoms. The van der Waals surface area contributed by atoms with Crippen molar-refractivity contribution in [3.05, 3.63) is 30.0 Å². The summed E-state index contributed by atoms with van der Waals surface area (Å²) >= 11 is 0. The molecule has 5 nitrogen and oxygen atoms in total. The van der Waals surface area contributed by atoms with Crippen molar-refractivity contribution in [2.75, 3.05) is 25.0 Å². The Morgan fingerprint density at radius 2 is 2.21 bits per heavy atom. The molecule has 0 bridgehead atoms. The molecule has 96 valence electrons. The molecule has 1 N–H and O–H groups in total. The molecule has 2 aromatic rings. The molecule has 1 aliphatic heterocycles. The molecule has 0 aliphatic carbocycles. The third-order valence-electron chi connectivity index (χ3n) is 3.66. The second-order valence-corrected chi connectivity index (χ2v) is 4.75. The molecule has 2 heterocycles. The minimum Gasteiger partial charge on any atom is -0.367 e. The summed E-state index contributed by atoms with van der Waals surface area (Å²) in [5, 5.41) is 21.7. The molecule has 1 aromatic carbocycles. The van der Waals surface area contributed by atoms with Crippen LogP contribution in [0.4, 0.5) is 5.69 Å². The van der Waals surface area contributed by atoms with E-state index in [0.717, 1.165) is 36.1 Å². The molecule has 1 atom stereocenters. The van der Waals surface area contributed by atoms with Gasteiger partial charge in [-0.2, -0.15) is 5.26 Å². The molecule has 1 aromatic heterocycles. The third-order valence-corrected chi connectivity index (χ3v) is 3.66. The fourth-order valence-corrected chi connectivity index (χ4v) is 2.63. The van der Waals surface area contributed by atoms with Gasteiger partial charge in [-0.15, -0.1) is 10.2 Å². The number of benzene rings is 1. The Hall–Kier alpha value is -2.19. The van der Waals surface area contributed by atoms with Gasteiger partial charge in [0.15, 0.2) is 5.69 Å². The fraction of sp³-hybridized carbons (Fsp3) is 0.357. The highest BCUT2D eigenvalue weighted by Gasteiger charge is 2.25. The number of rotatable bonds is 2. The van der Waals surface area contributed by atoms with Crippen LogP contribution in [0.2, 0.25) is 0 Å². The maximum atomic E-state index is 9.27. The van der Waals surface area contributed by atoms with Crippen LogP contribution >= 0.6 is 0 Å². The molecule has 3 rings (SSSR count). The summed E-state index contributed by atoms with van der Waals surface area (Å²) in [7, 11) is 1.97. The third kappa shape index (κ3) is 2.00. The second-order valence-electron chi connectivity index (χ2n) is 4.75. The quantitative estimate of drug-likeness (QED) is 0.874. The predicted molar refractivity (Wildman–Crippen MR) is 73.9 cm³/mol. The van der Waals surface area contributed by atoms with Crippen LogP contribution in [-0.4, -0.2) is 36.4 Å². The monoisotopic (exact) mass is 253 g/mol. The number of nitriles is 1. The van der Waals surface area contributed by atoms with Crippen molar-refractivity contribution < 1.29 is 0 Å². The van der Waals surface area contributed by atoms with E-state index in [1.807, 2.05) is 31.3 Å². The van der Waals surface area contributed by atoms with Crippen LogP contribution < -0.4 is 10.2 Å². The number of nitrogens with one attached hydrogen (secondary N) is 1. The van der Waals surface area contributed by atoms with Gasteiger partial charge in [0.1, 0.15) is 6.07 Å². The summed E-state index contributed by atoms with van der Waals surface area (Å²) < 4.78 is 0. The lowest BCUT2D eigenvalue weighted by atomic mass is 10.1. The number of hydrogen-bond acceptors (Lipinski definition) is 5. The minimum atomic E-state index is 0.412. The summed E-state index contributed by atoms with van der Waals surface area (Å²) in [5.41, 5.74) is 2.17. The van der Waals surface area contributed by atoms with Crippen LogP contribution in [0.25, 0.3) is 10.9 Å². The van der Waals surface area contributed by atoms with Gasteiger partial charge in [-0.3, -0.25) is 0 Å². The summed E-state index contributed by atoms with van der Waals surface area (Å²) in [5.74, 6) is 0. The van der Waals surface area contributed by atoms with Crippen molar-refractivity contribution >= 4 is 16.6 Å². The molecule has 0 saturated carbocycles. The highest BCUT2D eigenvalue weighted by Crippen LogP contribution is 2.30. The van der Waals surface area contributed by atoms with Crippen molar-refractivity contribution in [1.82, 2.24) is 15.5 Å². The van der Waals surface area contributed by atoms with Crippen molar-refractivity contribution in [1.29, 1.82) is 5.26 Å². The Balaban J connectivity index is 2.13. The van der Waals surface area contributed by atoms with Gasteiger partial charge in [0.2, 0.25) is 0 Å². The predicted octanol–water partition coefficient (Wildman–Crippen LogP) is 1.30.